The molecule has 0 aromatic rings. The van der Waals surface area contributed by atoms with Crippen LogP contribution in [0.4, 0.5) is 0 Å². The van der Waals surface area contributed by atoms with E-state index in [0.717, 1.165) is 24.9 Å². The zero-order valence-electron chi connectivity index (χ0n) is 9.63. The van der Waals surface area contributed by atoms with Crippen molar-refractivity contribution in [3.8, 4) is 0 Å². The van der Waals surface area contributed by atoms with Crippen LogP contribution in [0, 0.1) is 11.8 Å². The minimum atomic E-state index is -0.207. The van der Waals surface area contributed by atoms with Gasteiger partial charge in [-0.1, -0.05) is 32.6 Å². The van der Waals surface area contributed by atoms with E-state index in [0.29, 0.717) is 0 Å². The second-order valence-electron chi connectivity index (χ2n) is 4.97. The van der Waals surface area contributed by atoms with Crippen LogP contribution < -0.4 is 5.32 Å². The van der Waals surface area contributed by atoms with Crippen LogP contribution in [0.15, 0.2) is 0 Å². The monoisotopic (exact) mass is 199 g/mol. The summed E-state index contributed by atoms with van der Waals surface area (Å²) >= 11 is 0. The number of hydrogen-bond donors (Lipinski definition) is 2. The minimum Gasteiger partial charge on any atom is -0.392 e. The van der Waals surface area contributed by atoms with Gasteiger partial charge in [-0.3, -0.25) is 0 Å². The van der Waals surface area contributed by atoms with Crippen molar-refractivity contribution < 1.29 is 5.11 Å². The Bertz CT molecular complexity index is 139. The maximum atomic E-state index is 9.06. The van der Waals surface area contributed by atoms with Crippen LogP contribution in [0.3, 0.4) is 0 Å². The molecule has 0 spiro atoms. The van der Waals surface area contributed by atoms with Crippen molar-refractivity contribution in [1.29, 1.82) is 0 Å². The van der Waals surface area contributed by atoms with Crippen molar-refractivity contribution in [2.75, 3.05) is 13.1 Å². The average Bonchev–Trinajstić information content (AvgIpc) is 2.15. The maximum Gasteiger partial charge on any atom is 0.0636 e. The fourth-order valence-electron chi connectivity index (χ4n) is 2.23. The van der Waals surface area contributed by atoms with Crippen LogP contribution in [-0.4, -0.2) is 24.3 Å². The highest BCUT2D eigenvalue weighted by atomic mass is 16.3. The molecule has 0 radical (unpaired) electrons. The summed E-state index contributed by atoms with van der Waals surface area (Å²) in [4.78, 5) is 0. The topological polar surface area (TPSA) is 32.3 Å². The van der Waals surface area contributed by atoms with Crippen LogP contribution in [-0.2, 0) is 0 Å². The van der Waals surface area contributed by atoms with Gasteiger partial charge < -0.3 is 10.4 Å². The lowest BCUT2D eigenvalue weighted by atomic mass is 9.81. The molecule has 0 aliphatic heterocycles. The lowest BCUT2D eigenvalue weighted by Crippen LogP contribution is -2.27. The van der Waals surface area contributed by atoms with Gasteiger partial charge in [-0.15, -0.1) is 0 Å². The normalized spacial score (nSPS) is 30.2. The molecule has 2 nitrogen and oxygen atoms in total. The molecule has 1 unspecified atom stereocenters. The van der Waals surface area contributed by atoms with E-state index < -0.39 is 0 Å². The Morgan fingerprint density at radius 3 is 2.50 bits per heavy atom. The van der Waals surface area contributed by atoms with Gasteiger partial charge in [0.15, 0.2) is 0 Å². The predicted molar refractivity (Wildman–Crippen MR) is 60.3 cm³/mol. The van der Waals surface area contributed by atoms with Gasteiger partial charge in [0, 0.05) is 6.54 Å². The first-order chi connectivity index (χ1) is 6.68. The molecular formula is C12H25NO. The molecule has 1 saturated carbocycles. The number of aliphatic hydroxyl groups excluding tert-OH is 1. The quantitative estimate of drug-likeness (QED) is 0.665. The molecule has 1 rings (SSSR count). The molecule has 0 amide bonds. The second-order valence-corrected chi connectivity index (χ2v) is 4.97. The lowest BCUT2D eigenvalue weighted by Gasteiger charge is -2.26. The molecule has 0 bridgehead atoms. The van der Waals surface area contributed by atoms with Gasteiger partial charge >= 0.3 is 0 Å². The summed E-state index contributed by atoms with van der Waals surface area (Å²) < 4.78 is 0. The van der Waals surface area contributed by atoms with E-state index in [1.54, 1.807) is 0 Å². The van der Waals surface area contributed by atoms with Crippen LogP contribution >= 0.6 is 0 Å². The molecule has 1 atom stereocenters. The third-order valence-corrected chi connectivity index (χ3v) is 3.30. The molecule has 2 heteroatoms. The SMILES string of the molecule is CC(O)CNCCC1CCC(C)CC1. The van der Waals surface area contributed by atoms with Crippen LogP contribution in [0.1, 0.15) is 46.0 Å². The van der Waals surface area contributed by atoms with Crippen molar-refractivity contribution >= 4 is 0 Å². The van der Waals surface area contributed by atoms with Gasteiger partial charge in [-0.2, -0.15) is 0 Å². The molecule has 1 fully saturated rings. The van der Waals surface area contributed by atoms with E-state index in [2.05, 4.69) is 12.2 Å². The predicted octanol–water partition coefficient (Wildman–Crippen LogP) is 2.17. The number of rotatable bonds is 5. The van der Waals surface area contributed by atoms with Crippen molar-refractivity contribution in [1.82, 2.24) is 5.32 Å². The summed E-state index contributed by atoms with van der Waals surface area (Å²) in [5, 5.41) is 12.4. The van der Waals surface area contributed by atoms with Crippen molar-refractivity contribution in [3.63, 3.8) is 0 Å². The van der Waals surface area contributed by atoms with E-state index in [9.17, 15) is 0 Å². The summed E-state index contributed by atoms with van der Waals surface area (Å²) in [7, 11) is 0. The summed E-state index contributed by atoms with van der Waals surface area (Å²) in [6.45, 7) is 6.00. The Labute approximate surface area is 88.1 Å². The first kappa shape index (κ1) is 12.0. The fraction of sp³-hybridized carbons (Fsp3) is 1.00. The molecule has 0 aromatic carbocycles. The molecule has 0 aromatic heterocycles. The largest absolute Gasteiger partial charge is 0.392 e. The molecule has 1 aliphatic carbocycles. The Kier molecular flexibility index (Phi) is 5.49. The van der Waals surface area contributed by atoms with Crippen LogP contribution in [0.2, 0.25) is 0 Å². The summed E-state index contributed by atoms with van der Waals surface area (Å²) in [6.07, 6.45) is 6.75. The number of hydrogen-bond acceptors (Lipinski definition) is 2. The molecule has 84 valence electrons. The first-order valence-corrected chi connectivity index (χ1v) is 6.07. The van der Waals surface area contributed by atoms with E-state index in [1.807, 2.05) is 6.92 Å². The molecular weight excluding hydrogens is 174 g/mol. The highest BCUT2D eigenvalue weighted by Crippen LogP contribution is 2.29. The maximum absolute atomic E-state index is 9.06. The van der Waals surface area contributed by atoms with Crippen LogP contribution in [0.5, 0.6) is 0 Å². The van der Waals surface area contributed by atoms with E-state index in [1.165, 1.54) is 32.1 Å². The summed E-state index contributed by atoms with van der Waals surface area (Å²) in [5.41, 5.74) is 0. The van der Waals surface area contributed by atoms with Gasteiger partial charge in [0.2, 0.25) is 0 Å². The molecule has 1 aliphatic rings. The van der Waals surface area contributed by atoms with Gasteiger partial charge in [0.1, 0.15) is 0 Å². The Morgan fingerprint density at radius 1 is 1.29 bits per heavy atom. The zero-order valence-corrected chi connectivity index (χ0v) is 9.63. The minimum absolute atomic E-state index is 0.207. The third kappa shape index (κ3) is 4.97. The van der Waals surface area contributed by atoms with E-state index in [4.69, 9.17) is 5.11 Å². The van der Waals surface area contributed by atoms with Gasteiger partial charge in [-0.05, 0) is 31.7 Å². The number of nitrogens with one attached hydrogen (secondary N) is 1. The lowest BCUT2D eigenvalue weighted by molar-refractivity contribution is 0.189. The summed E-state index contributed by atoms with van der Waals surface area (Å²) in [6, 6.07) is 0. The zero-order chi connectivity index (χ0) is 10.4. The van der Waals surface area contributed by atoms with Crippen LogP contribution in [0.25, 0.3) is 0 Å². The second kappa shape index (κ2) is 6.41. The fourth-order valence-corrected chi connectivity index (χ4v) is 2.23. The standard InChI is InChI=1S/C12H25NO/c1-10-3-5-12(6-4-10)7-8-13-9-11(2)14/h10-14H,3-9H2,1-2H3. The average molecular weight is 199 g/mol. The Morgan fingerprint density at radius 2 is 1.93 bits per heavy atom. The Balaban J connectivity index is 1.96. The molecule has 14 heavy (non-hydrogen) atoms. The van der Waals surface area contributed by atoms with E-state index in [-0.39, 0.29) is 6.10 Å². The van der Waals surface area contributed by atoms with Gasteiger partial charge in [-0.25, -0.2) is 0 Å². The highest BCUT2D eigenvalue weighted by Gasteiger charge is 2.17. The van der Waals surface area contributed by atoms with Crippen molar-refractivity contribution in [2.45, 2.75) is 52.1 Å². The van der Waals surface area contributed by atoms with E-state index >= 15 is 0 Å². The first-order valence-electron chi connectivity index (χ1n) is 6.07. The molecule has 2 N–H and O–H groups in total. The molecule has 0 heterocycles. The highest BCUT2D eigenvalue weighted by molar-refractivity contribution is 4.70. The molecule has 0 saturated heterocycles. The third-order valence-electron chi connectivity index (χ3n) is 3.30. The summed E-state index contributed by atoms with van der Waals surface area (Å²) in [5.74, 6) is 1.89. The van der Waals surface area contributed by atoms with Crippen molar-refractivity contribution in [2.24, 2.45) is 11.8 Å². The van der Waals surface area contributed by atoms with Gasteiger partial charge in [0.05, 0.1) is 6.10 Å². The van der Waals surface area contributed by atoms with Crippen molar-refractivity contribution in [3.05, 3.63) is 0 Å². The Hall–Kier alpha value is -0.0800. The van der Waals surface area contributed by atoms with Gasteiger partial charge in [0.25, 0.3) is 0 Å². The smallest absolute Gasteiger partial charge is 0.0636 e. The number of aliphatic hydroxyl groups is 1.